The summed E-state index contributed by atoms with van der Waals surface area (Å²) >= 11 is 9.35. The molecule has 1 aromatic rings. The van der Waals surface area contributed by atoms with Gasteiger partial charge in [0, 0.05) is 29.0 Å². The van der Waals surface area contributed by atoms with Crippen molar-refractivity contribution in [3.63, 3.8) is 0 Å². The van der Waals surface area contributed by atoms with Gasteiger partial charge in [-0.15, -0.1) is 0 Å². The fraction of sp³-hybridized carbons (Fsp3) is 0.364. The van der Waals surface area contributed by atoms with Gasteiger partial charge >= 0.3 is 0 Å². The zero-order valence-corrected chi connectivity index (χ0v) is 11.4. The van der Waals surface area contributed by atoms with Crippen LogP contribution < -0.4 is 10.6 Å². The average molecular weight is 306 g/mol. The fourth-order valence-corrected chi connectivity index (χ4v) is 1.93. The minimum Gasteiger partial charge on any atom is -0.352 e. The summed E-state index contributed by atoms with van der Waals surface area (Å²) < 4.78 is 0.933. The van der Waals surface area contributed by atoms with E-state index in [1.54, 1.807) is 0 Å². The molecule has 0 aliphatic rings. The molecule has 0 saturated heterocycles. The smallest absolute Gasteiger partial charge is 0.221 e. The summed E-state index contributed by atoms with van der Waals surface area (Å²) in [5, 5.41) is 6.39. The van der Waals surface area contributed by atoms with Crippen LogP contribution in [0.4, 0.5) is 0 Å². The normalized spacial score (nSPS) is 10.2. The lowest BCUT2D eigenvalue weighted by atomic mass is 10.2. The fourth-order valence-electron chi connectivity index (χ4n) is 1.19. The quantitative estimate of drug-likeness (QED) is 0.876. The van der Waals surface area contributed by atoms with E-state index in [4.69, 9.17) is 11.6 Å². The molecule has 0 spiro atoms. The van der Waals surface area contributed by atoms with E-state index in [-0.39, 0.29) is 5.91 Å². The van der Waals surface area contributed by atoms with Gasteiger partial charge < -0.3 is 10.6 Å². The second kappa shape index (κ2) is 6.89. The van der Waals surface area contributed by atoms with Crippen LogP contribution in [0.15, 0.2) is 22.7 Å². The molecular formula is C11H14BrClN2O. The van der Waals surface area contributed by atoms with Gasteiger partial charge in [0.1, 0.15) is 0 Å². The molecule has 0 aliphatic heterocycles. The van der Waals surface area contributed by atoms with Crippen molar-refractivity contribution < 1.29 is 4.79 Å². The van der Waals surface area contributed by atoms with Gasteiger partial charge in [-0.2, -0.15) is 0 Å². The molecule has 0 heterocycles. The minimum atomic E-state index is 0.0216. The molecule has 1 rings (SSSR count). The van der Waals surface area contributed by atoms with Gasteiger partial charge in [0.2, 0.25) is 5.91 Å². The third kappa shape index (κ3) is 4.51. The van der Waals surface area contributed by atoms with Crippen molar-refractivity contribution in [3.05, 3.63) is 33.3 Å². The molecule has 0 saturated carbocycles. The highest BCUT2D eigenvalue weighted by molar-refractivity contribution is 9.10. The summed E-state index contributed by atoms with van der Waals surface area (Å²) in [7, 11) is 1.82. The van der Waals surface area contributed by atoms with Gasteiger partial charge in [0.05, 0.1) is 0 Å². The van der Waals surface area contributed by atoms with Crippen LogP contribution >= 0.6 is 27.5 Å². The zero-order chi connectivity index (χ0) is 12.0. The Morgan fingerprint density at radius 1 is 1.50 bits per heavy atom. The van der Waals surface area contributed by atoms with E-state index < -0.39 is 0 Å². The molecule has 88 valence electrons. The highest BCUT2D eigenvalue weighted by atomic mass is 79.9. The SMILES string of the molecule is CNCCC(=O)NCc1ccc(Br)cc1Cl. The monoisotopic (exact) mass is 304 g/mol. The lowest BCUT2D eigenvalue weighted by molar-refractivity contribution is -0.121. The molecule has 0 aliphatic carbocycles. The Kier molecular flexibility index (Phi) is 5.80. The van der Waals surface area contributed by atoms with Gasteiger partial charge in [0.15, 0.2) is 0 Å². The predicted molar refractivity (Wildman–Crippen MR) is 69.5 cm³/mol. The van der Waals surface area contributed by atoms with E-state index in [2.05, 4.69) is 26.6 Å². The summed E-state index contributed by atoms with van der Waals surface area (Å²) in [4.78, 5) is 11.4. The summed E-state index contributed by atoms with van der Waals surface area (Å²) in [5.74, 6) is 0.0216. The predicted octanol–water partition coefficient (Wildman–Crippen LogP) is 2.33. The number of amides is 1. The first-order valence-electron chi connectivity index (χ1n) is 4.98. The maximum Gasteiger partial charge on any atom is 0.221 e. The molecule has 0 atom stereocenters. The summed E-state index contributed by atoms with van der Waals surface area (Å²) in [5.41, 5.74) is 0.919. The van der Waals surface area contributed by atoms with Gasteiger partial charge in [-0.25, -0.2) is 0 Å². The standard InChI is InChI=1S/C11H14BrClN2O/c1-14-5-4-11(16)15-7-8-2-3-9(12)6-10(8)13/h2-3,6,14H,4-5,7H2,1H3,(H,15,16). The lowest BCUT2D eigenvalue weighted by Crippen LogP contribution is -2.26. The Labute approximate surface area is 109 Å². The second-order valence-corrected chi connectivity index (χ2v) is 4.69. The van der Waals surface area contributed by atoms with Crippen molar-refractivity contribution in [2.75, 3.05) is 13.6 Å². The Balaban J connectivity index is 2.45. The van der Waals surface area contributed by atoms with Crippen LogP contribution in [0, 0.1) is 0 Å². The molecule has 0 fully saturated rings. The van der Waals surface area contributed by atoms with E-state index in [1.807, 2.05) is 25.2 Å². The molecular weight excluding hydrogens is 291 g/mol. The number of hydrogen-bond donors (Lipinski definition) is 2. The van der Waals surface area contributed by atoms with Crippen molar-refractivity contribution >= 4 is 33.4 Å². The van der Waals surface area contributed by atoms with Gasteiger partial charge in [-0.3, -0.25) is 4.79 Å². The van der Waals surface area contributed by atoms with Crippen molar-refractivity contribution in [2.45, 2.75) is 13.0 Å². The van der Waals surface area contributed by atoms with E-state index in [0.717, 1.165) is 10.0 Å². The van der Waals surface area contributed by atoms with Crippen LogP contribution in [0.1, 0.15) is 12.0 Å². The molecule has 2 N–H and O–H groups in total. The van der Waals surface area contributed by atoms with Crippen LogP contribution in [0.3, 0.4) is 0 Å². The Morgan fingerprint density at radius 2 is 2.25 bits per heavy atom. The highest BCUT2D eigenvalue weighted by Gasteiger charge is 2.03. The molecule has 5 heteroatoms. The molecule has 3 nitrogen and oxygen atoms in total. The largest absolute Gasteiger partial charge is 0.352 e. The molecule has 0 unspecified atom stereocenters. The van der Waals surface area contributed by atoms with Crippen LogP contribution in [0.25, 0.3) is 0 Å². The topological polar surface area (TPSA) is 41.1 Å². The third-order valence-electron chi connectivity index (χ3n) is 2.09. The van der Waals surface area contributed by atoms with Crippen LogP contribution in [0.5, 0.6) is 0 Å². The first-order chi connectivity index (χ1) is 7.63. The highest BCUT2D eigenvalue weighted by Crippen LogP contribution is 2.21. The average Bonchev–Trinajstić information content (AvgIpc) is 2.25. The number of rotatable bonds is 5. The first-order valence-corrected chi connectivity index (χ1v) is 6.16. The van der Waals surface area contributed by atoms with Crippen LogP contribution in [-0.4, -0.2) is 19.5 Å². The molecule has 16 heavy (non-hydrogen) atoms. The van der Waals surface area contributed by atoms with E-state index in [0.29, 0.717) is 24.5 Å². The molecule has 0 radical (unpaired) electrons. The van der Waals surface area contributed by atoms with Gasteiger partial charge in [-0.1, -0.05) is 33.6 Å². The van der Waals surface area contributed by atoms with E-state index in [9.17, 15) is 4.79 Å². The van der Waals surface area contributed by atoms with E-state index >= 15 is 0 Å². The van der Waals surface area contributed by atoms with Crippen molar-refractivity contribution in [3.8, 4) is 0 Å². The number of hydrogen-bond acceptors (Lipinski definition) is 2. The maximum atomic E-state index is 11.4. The molecule has 1 aromatic carbocycles. The minimum absolute atomic E-state index is 0.0216. The number of halogens is 2. The van der Waals surface area contributed by atoms with Crippen LogP contribution in [0.2, 0.25) is 5.02 Å². The van der Waals surface area contributed by atoms with Crippen LogP contribution in [-0.2, 0) is 11.3 Å². The van der Waals surface area contributed by atoms with Gasteiger partial charge in [0.25, 0.3) is 0 Å². The Bertz CT molecular complexity index is 371. The molecule has 0 aromatic heterocycles. The Morgan fingerprint density at radius 3 is 2.88 bits per heavy atom. The number of carbonyl (C=O) groups is 1. The van der Waals surface area contributed by atoms with Gasteiger partial charge in [-0.05, 0) is 24.7 Å². The molecule has 0 bridgehead atoms. The summed E-state index contributed by atoms with van der Waals surface area (Å²) in [6.07, 6.45) is 0.477. The summed E-state index contributed by atoms with van der Waals surface area (Å²) in [6, 6.07) is 5.61. The van der Waals surface area contributed by atoms with Crippen molar-refractivity contribution in [1.29, 1.82) is 0 Å². The number of nitrogens with one attached hydrogen (secondary N) is 2. The third-order valence-corrected chi connectivity index (χ3v) is 2.94. The first kappa shape index (κ1) is 13.5. The zero-order valence-electron chi connectivity index (χ0n) is 9.02. The number of carbonyl (C=O) groups excluding carboxylic acids is 1. The van der Waals surface area contributed by atoms with E-state index in [1.165, 1.54) is 0 Å². The van der Waals surface area contributed by atoms with Crippen molar-refractivity contribution in [1.82, 2.24) is 10.6 Å². The number of benzene rings is 1. The molecule has 1 amide bonds. The second-order valence-electron chi connectivity index (χ2n) is 3.37. The lowest BCUT2D eigenvalue weighted by Gasteiger charge is -2.07. The summed E-state index contributed by atoms with van der Waals surface area (Å²) in [6.45, 7) is 1.15. The Hall–Kier alpha value is -0.580. The maximum absolute atomic E-state index is 11.4. The van der Waals surface area contributed by atoms with Crippen molar-refractivity contribution in [2.24, 2.45) is 0 Å².